The van der Waals surface area contributed by atoms with Crippen molar-refractivity contribution in [1.29, 1.82) is 0 Å². The van der Waals surface area contributed by atoms with Crippen LogP contribution in [0.4, 0.5) is 5.69 Å². The standard InChI is InChI=1S/C16H20N4O4S/c1-13-17-8-11-18(13)12-14-6-9-19(10-7-14)25(23,24)16-5-3-2-4-15(16)20(21)22/h2-5,8,11,14H,6-7,9-10,12H2,1H3. The lowest BCUT2D eigenvalue weighted by Gasteiger charge is -2.31. The maximum atomic E-state index is 12.8. The molecule has 0 N–H and O–H groups in total. The van der Waals surface area contributed by atoms with Crippen LogP contribution in [-0.2, 0) is 16.6 Å². The third-order valence-electron chi connectivity index (χ3n) is 4.63. The van der Waals surface area contributed by atoms with E-state index in [4.69, 9.17) is 0 Å². The third kappa shape index (κ3) is 3.57. The van der Waals surface area contributed by atoms with Gasteiger partial charge in [0.15, 0.2) is 4.90 Å². The summed E-state index contributed by atoms with van der Waals surface area (Å²) >= 11 is 0. The fourth-order valence-corrected chi connectivity index (χ4v) is 4.80. The number of piperidine rings is 1. The molecule has 1 aromatic heterocycles. The molecule has 1 aromatic carbocycles. The Bertz CT molecular complexity index is 870. The third-order valence-corrected chi connectivity index (χ3v) is 6.58. The van der Waals surface area contributed by atoms with E-state index in [1.165, 1.54) is 28.6 Å². The van der Waals surface area contributed by atoms with E-state index in [2.05, 4.69) is 9.55 Å². The zero-order valence-corrected chi connectivity index (χ0v) is 14.7. The molecular weight excluding hydrogens is 344 g/mol. The number of benzene rings is 1. The molecule has 1 fully saturated rings. The van der Waals surface area contributed by atoms with Gasteiger partial charge in [-0.1, -0.05) is 12.1 Å². The molecule has 0 spiro atoms. The number of sulfonamides is 1. The lowest BCUT2D eigenvalue weighted by Crippen LogP contribution is -2.39. The Morgan fingerprint density at radius 1 is 1.28 bits per heavy atom. The zero-order valence-electron chi connectivity index (χ0n) is 13.9. The molecule has 3 rings (SSSR count). The van der Waals surface area contributed by atoms with Crippen molar-refractivity contribution in [2.45, 2.75) is 31.2 Å². The Balaban J connectivity index is 1.72. The lowest BCUT2D eigenvalue weighted by atomic mass is 9.98. The number of nitro groups is 1. The number of aromatic nitrogens is 2. The van der Waals surface area contributed by atoms with Crippen molar-refractivity contribution in [3.63, 3.8) is 0 Å². The quantitative estimate of drug-likeness (QED) is 0.598. The van der Waals surface area contributed by atoms with Crippen LogP contribution in [0.3, 0.4) is 0 Å². The van der Waals surface area contributed by atoms with Gasteiger partial charge in [0.25, 0.3) is 5.69 Å². The summed E-state index contributed by atoms with van der Waals surface area (Å²) in [5.41, 5.74) is -0.376. The number of aryl methyl sites for hydroxylation is 1. The molecule has 9 heteroatoms. The van der Waals surface area contributed by atoms with Gasteiger partial charge in [-0.25, -0.2) is 13.4 Å². The van der Waals surface area contributed by atoms with Crippen LogP contribution >= 0.6 is 0 Å². The number of para-hydroxylation sites is 1. The molecular formula is C16H20N4O4S. The van der Waals surface area contributed by atoms with E-state index in [-0.39, 0.29) is 10.6 Å². The molecule has 134 valence electrons. The van der Waals surface area contributed by atoms with Crippen molar-refractivity contribution >= 4 is 15.7 Å². The van der Waals surface area contributed by atoms with Crippen LogP contribution in [0.25, 0.3) is 0 Å². The van der Waals surface area contributed by atoms with Crippen LogP contribution in [0.1, 0.15) is 18.7 Å². The molecule has 0 atom stereocenters. The number of hydrogen-bond acceptors (Lipinski definition) is 5. The highest BCUT2D eigenvalue weighted by Gasteiger charge is 2.34. The summed E-state index contributed by atoms with van der Waals surface area (Å²) in [7, 11) is -3.86. The van der Waals surface area contributed by atoms with Gasteiger partial charge in [0.05, 0.1) is 4.92 Å². The first kappa shape index (κ1) is 17.6. The van der Waals surface area contributed by atoms with Crippen molar-refractivity contribution in [3.8, 4) is 0 Å². The number of rotatable bonds is 5. The van der Waals surface area contributed by atoms with Gasteiger partial charge in [-0.05, 0) is 31.7 Å². The van der Waals surface area contributed by atoms with E-state index < -0.39 is 14.9 Å². The number of hydrogen-bond donors (Lipinski definition) is 0. The van der Waals surface area contributed by atoms with E-state index in [0.717, 1.165) is 25.2 Å². The van der Waals surface area contributed by atoms with E-state index in [9.17, 15) is 18.5 Å². The minimum Gasteiger partial charge on any atom is -0.335 e. The first-order valence-corrected chi connectivity index (χ1v) is 9.55. The molecule has 0 radical (unpaired) electrons. The average molecular weight is 364 g/mol. The molecule has 1 saturated heterocycles. The smallest absolute Gasteiger partial charge is 0.289 e. The van der Waals surface area contributed by atoms with Crippen LogP contribution in [0.2, 0.25) is 0 Å². The molecule has 0 bridgehead atoms. The van der Waals surface area contributed by atoms with E-state index in [1.807, 2.05) is 13.1 Å². The monoisotopic (exact) mass is 364 g/mol. The molecule has 1 aliphatic heterocycles. The van der Waals surface area contributed by atoms with Gasteiger partial charge in [-0.2, -0.15) is 4.31 Å². The first-order valence-electron chi connectivity index (χ1n) is 8.11. The minimum absolute atomic E-state index is 0.232. The molecule has 0 aliphatic carbocycles. The normalized spacial score (nSPS) is 16.8. The van der Waals surface area contributed by atoms with Gasteiger partial charge in [0.2, 0.25) is 10.0 Å². The van der Waals surface area contributed by atoms with Crippen molar-refractivity contribution < 1.29 is 13.3 Å². The average Bonchev–Trinajstić information content (AvgIpc) is 3.00. The van der Waals surface area contributed by atoms with E-state index in [1.54, 1.807) is 6.20 Å². The Kier molecular flexibility index (Phi) is 4.87. The van der Waals surface area contributed by atoms with Gasteiger partial charge in [0.1, 0.15) is 5.82 Å². The molecule has 2 heterocycles. The minimum atomic E-state index is -3.86. The highest BCUT2D eigenvalue weighted by molar-refractivity contribution is 7.89. The van der Waals surface area contributed by atoms with Gasteiger partial charge in [-0.3, -0.25) is 10.1 Å². The van der Waals surface area contributed by atoms with E-state index >= 15 is 0 Å². The van der Waals surface area contributed by atoms with Gasteiger partial charge in [0, 0.05) is 38.1 Å². The lowest BCUT2D eigenvalue weighted by molar-refractivity contribution is -0.387. The summed E-state index contributed by atoms with van der Waals surface area (Å²) < 4.78 is 29.0. The SMILES string of the molecule is Cc1nccn1CC1CCN(S(=O)(=O)c2ccccc2[N+](=O)[O-])CC1. The molecule has 2 aromatic rings. The van der Waals surface area contributed by atoms with Gasteiger partial charge >= 0.3 is 0 Å². The summed E-state index contributed by atoms with van der Waals surface area (Å²) in [4.78, 5) is 14.4. The van der Waals surface area contributed by atoms with Crippen LogP contribution in [0.5, 0.6) is 0 Å². The van der Waals surface area contributed by atoms with Crippen molar-refractivity contribution in [3.05, 3.63) is 52.6 Å². The highest BCUT2D eigenvalue weighted by Crippen LogP contribution is 2.29. The topological polar surface area (TPSA) is 98.3 Å². The summed E-state index contributed by atoms with van der Waals surface area (Å²) in [6.07, 6.45) is 5.12. The Morgan fingerprint density at radius 2 is 1.96 bits per heavy atom. The maximum absolute atomic E-state index is 12.8. The molecule has 1 aliphatic rings. The van der Waals surface area contributed by atoms with Crippen molar-refractivity contribution in [2.24, 2.45) is 5.92 Å². The van der Waals surface area contributed by atoms with Crippen molar-refractivity contribution in [2.75, 3.05) is 13.1 Å². The molecule has 25 heavy (non-hydrogen) atoms. The van der Waals surface area contributed by atoms with Crippen LogP contribution in [-0.4, -0.2) is 40.3 Å². The summed E-state index contributed by atoms with van der Waals surface area (Å²) in [5.74, 6) is 1.31. The van der Waals surface area contributed by atoms with Gasteiger partial charge in [-0.15, -0.1) is 0 Å². The Morgan fingerprint density at radius 3 is 2.56 bits per heavy atom. The van der Waals surface area contributed by atoms with Crippen LogP contribution in [0, 0.1) is 23.0 Å². The Hall–Kier alpha value is -2.26. The summed E-state index contributed by atoms with van der Waals surface area (Å²) in [6.45, 7) is 3.49. The predicted octanol–water partition coefficient (Wildman–Crippen LogP) is 2.20. The molecule has 0 unspecified atom stereocenters. The van der Waals surface area contributed by atoms with E-state index in [0.29, 0.717) is 19.0 Å². The maximum Gasteiger partial charge on any atom is 0.289 e. The predicted molar refractivity (Wildman–Crippen MR) is 91.5 cm³/mol. The molecule has 8 nitrogen and oxygen atoms in total. The highest BCUT2D eigenvalue weighted by atomic mass is 32.2. The van der Waals surface area contributed by atoms with Gasteiger partial charge < -0.3 is 4.57 Å². The largest absolute Gasteiger partial charge is 0.335 e. The number of nitrogens with zero attached hydrogens (tertiary/aromatic N) is 4. The van der Waals surface area contributed by atoms with Crippen LogP contribution < -0.4 is 0 Å². The number of nitro benzene ring substituents is 1. The van der Waals surface area contributed by atoms with Crippen LogP contribution in [0.15, 0.2) is 41.6 Å². The number of imidazole rings is 1. The second kappa shape index (κ2) is 6.93. The fourth-order valence-electron chi connectivity index (χ4n) is 3.17. The summed E-state index contributed by atoms with van der Waals surface area (Å²) in [6, 6.07) is 5.50. The summed E-state index contributed by atoms with van der Waals surface area (Å²) in [5, 5.41) is 11.1. The fraction of sp³-hybridized carbons (Fsp3) is 0.438. The molecule has 0 amide bonds. The Labute approximate surface area is 146 Å². The zero-order chi connectivity index (χ0) is 18.0. The second-order valence-corrected chi connectivity index (χ2v) is 8.11. The van der Waals surface area contributed by atoms with Crippen molar-refractivity contribution in [1.82, 2.24) is 13.9 Å². The first-order chi connectivity index (χ1) is 11.9. The molecule has 0 saturated carbocycles. The second-order valence-electron chi connectivity index (χ2n) is 6.20.